The Balaban J connectivity index is 1.93. The SMILES string of the molecule is COc1ccccc1C(Cn1c(=O)n(C(C)(C)C(=O)O)c(=O)c2c(C)csc21)OC1CNC1. The standard InChI is InChI=1S/C23H27N3O6S/c1-13-12-33-20-18(13)19(27)26(23(2,3)21(28)29)22(30)25(20)11-17(32-14-9-24-10-14)15-7-5-6-8-16(15)31-4/h5-8,12,14,17,24H,9-11H2,1-4H3,(H,28,29). The zero-order valence-electron chi connectivity index (χ0n) is 19.0. The summed E-state index contributed by atoms with van der Waals surface area (Å²) < 4.78 is 14.2. The molecule has 33 heavy (non-hydrogen) atoms. The van der Waals surface area contributed by atoms with E-state index in [4.69, 9.17) is 9.47 Å². The highest BCUT2D eigenvalue weighted by Gasteiger charge is 2.35. The number of benzene rings is 1. The number of aromatic nitrogens is 2. The second-order valence-electron chi connectivity index (χ2n) is 8.64. The van der Waals surface area contributed by atoms with E-state index in [1.807, 2.05) is 24.3 Å². The molecule has 1 aliphatic heterocycles. The van der Waals surface area contributed by atoms with Crippen molar-refractivity contribution in [3.05, 3.63) is 61.6 Å². The van der Waals surface area contributed by atoms with Crippen molar-refractivity contribution in [2.75, 3.05) is 20.2 Å². The van der Waals surface area contributed by atoms with Crippen molar-refractivity contribution in [2.24, 2.45) is 0 Å². The number of rotatable bonds is 8. The summed E-state index contributed by atoms with van der Waals surface area (Å²) in [6.45, 7) is 5.97. The zero-order chi connectivity index (χ0) is 23.9. The third-order valence-electron chi connectivity index (χ3n) is 6.06. The van der Waals surface area contributed by atoms with Crippen molar-refractivity contribution in [1.29, 1.82) is 0 Å². The number of para-hydroxylation sites is 1. The normalized spacial score (nSPS) is 15.4. The maximum atomic E-state index is 13.6. The van der Waals surface area contributed by atoms with Gasteiger partial charge in [-0.15, -0.1) is 11.3 Å². The summed E-state index contributed by atoms with van der Waals surface area (Å²) >= 11 is 1.29. The Morgan fingerprint density at radius 3 is 2.61 bits per heavy atom. The molecule has 1 unspecified atom stereocenters. The number of carbonyl (C=O) groups is 1. The first kappa shape index (κ1) is 23.2. The van der Waals surface area contributed by atoms with Gasteiger partial charge in [0.25, 0.3) is 5.56 Å². The van der Waals surface area contributed by atoms with Crippen LogP contribution in [-0.4, -0.2) is 46.5 Å². The monoisotopic (exact) mass is 473 g/mol. The van der Waals surface area contributed by atoms with Crippen LogP contribution in [0.1, 0.15) is 31.1 Å². The highest BCUT2D eigenvalue weighted by atomic mass is 32.1. The van der Waals surface area contributed by atoms with Crippen LogP contribution < -0.4 is 21.3 Å². The van der Waals surface area contributed by atoms with E-state index >= 15 is 0 Å². The van der Waals surface area contributed by atoms with E-state index in [0.29, 0.717) is 34.6 Å². The van der Waals surface area contributed by atoms with E-state index in [0.717, 1.165) is 10.1 Å². The zero-order valence-corrected chi connectivity index (χ0v) is 19.8. The first-order chi connectivity index (χ1) is 15.7. The number of fused-ring (bicyclic) bond motifs is 1. The van der Waals surface area contributed by atoms with Crippen LogP contribution in [-0.2, 0) is 21.6 Å². The Bertz CT molecular complexity index is 1320. The van der Waals surface area contributed by atoms with Gasteiger partial charge in [0.1, 0.15) is 22.2 Å². The summed E-state index contributed by atoms with van der Waals surface area (Å²) in [6.07, 6.45) is -0.576. The molecule has 0 radical (unpaired) electrons. The minimum atomic E-state index is -1.73. The number of thiophene rings is 1. The quantitative estimate of drug-likeness (QED) is 0.515. The van der Waals surface area contributed by atoms with Gasteiger partial charge in [0.05, 0.1) is 25.1 Å². The summed E-state index contributed by atoms with van der Waals surface area (Å²) in [6, 6.07) is 7.43. The number of carboxylic acids is 1. The van der Waals surface area contributed by atoms with Crippen LogP contribution in [0.5, 0.6) is 5.75 Å². The number of ether oxygens (including phenoxy) is 2. The number of hydrogen-bond acceptors (Lipinski definition) is 7. The molecule has 1 aliphatic rings. The van der Waals surface area contributed by atoms with Crippen LogP contribution in [0.15, 0.2) is 39.2 Å². The third-order valence-corrected chi connectivity index (χ3v) is 7.18. The molecule has 0 saturated carbocycles. The van der Waals surface area contributed by atoms with E-state index in [1.165, 1.54) is 29.8 Å². The largest absolute Gasteiger partial charge is 0.496 e. The van der Waals surface area contributed by atoms with Crippen molar-refractivity contribution >= 4 is 27.5 Å². The lowest BCUT2D eigenvalue weighted by molar-refractivity contribution is -0.146. The lowest BCUT2D eigenvalue weighted by Crippen LogP contribution is -2.53. The van der Waals surface area contributed by atoms with Gasteiger partial charge in [0, 0.05) is 18.7 Å². The molecule has 3 aromatic rings. The van der Waals surface area contributed by atoms with Crippen molar-refractivity contribution < 1.29 is 19.4 Å². The number of carboxylic acid groups (broad SMARTS) is 1. The van der Waals surface area contributed by atoms with Gasteiger partial charge in [-0.1, -0.05) is 18.2 Å². The Morgan fingerprint density at radius 2 is 2.00 bits per heavy atom. The number of aryl methyl sites for hydroxylation is 1. The van der Waals surface area contributed by atoms with Crippen molar-refractivity contribution in [2.45, 2.75) is 45.1 Å². The van der Waals surface area contributed by atoms with Crippen LogP contribution in [0.4, 0.5) is 0 Å². The van der Waals surface area contributed by atoms with Crippen LogP contribution in [0.3, 0.4) is 0 Å². The van der Waals surface area contributed by atoms with Crippen LogP contribution in [0.2, 0.25) is 0 Å². The van der Waals surface area contributed by atoms with Crippen LogP contribution >= 0.6 is 11.3 Å². The first-order valence-corrected chi connectivity index (χ1v) is 11.5. The Labute approximate surface area is 194 Å². The Kier molecular flexibility index (Phi) is 6.17. The number of nitrogens with zero attached hydrogens (tertiary/aromatic N) is 2. The Hall–Kier alpha value is -2.95. The van der Waals surface area contributed by atoms with E-state index in [2.05, 4.69) is 5.32 Å². The van der Waals surface area contributed by atoms with Gasteiger partial charge in [-0.25, -0.2) is 14.2 Å². The van der Waals surface area contributed by atoms with Gasteiger partial charge in [-0.3, -0.25) is 9.36 Å². The van der Waals surface area contributed by atoms with Crippen molar-refractivity contribution in [3.63, 3.8) is 0 Å². The molecule has 1 fully saturated rings. The maximum absolute atomic E-state index is 13.6. The fourth-order valence-corrected chi connectivity index (χ4v) is 5.00. The minimum Gasteiger partial charge on any atom is -0.496 e. The predicted octanol–water partition coefficient (Wildman–Crippen LogP) is 2.09. The molecule has 9 nitrogen and oxygen atoms in total. The van der Waals surface area contributed by atoms with Crippen molar-refractivity contribution in [1.82, 2.24) is 14.5 Å². The number of methoxy groups -OCH3 is 1. The highest BCUT2D eigenvalue weighted by molar-refractivity contribution is 7.17. The fraction of sp³-hybridized carbons (Fsp3) is 0.435. The molecule has 0 aliphatic carbocycles. The maximum Gasteiger partial charge on any atom is 0.333 e. The molecule has 3 heterocycles. The molecule has 176 valence electrons. The van der Waals surface area contributed by atoms with E-state index < -0.39 is 28.9 Å². The van der Waals surface area contributed by atoms with Gasteiger partial charge in [0.15, 0.2) is 0 Å². The summed E-state index contributed by atoms with van der Waals surface area (Å²) in [5.41, 5.74) is -1.54. The molecule has 4 rings (SSSR count). The lowest BCUT2D eigenvalue weighted by Gasteiger charge is -2.33. The predicted molar refractivity (Wildman–Crippen MR) is 126 cm³/mol. The third kappa shape index (κ3) is 3.98. The van der Waals surface area contributed by atoms with E-state index in [9.17, 15) is 19.5 Å². The lowest BCUT2D eigenvalue weighted by atomic mass is 10.1. The second-order valence-corrected chi connectivity index (χ2v) is 9.50. The molecule has 1 aromatic carbocycles. The average molecular weight is 474 g/mol. The fourth-order valence-electron chi connectivity index (χ4n) is 3.95. The van der Waals surface area contributed by atoms with Crippen LogP contribution in [0.25, 0.3) is 10.2 Å². The molecule has 0 bridgehead atoms. The molecule has 1 atom stereocenters. The number of nitrogens with one attached hydrogen (secondary N) is 1. The topological polar surface area (TPSA) is 112 Å². The summed E-state index contributed by atoms with van der Waals surface area (Å²) in [5, 5.41) is 15.1. The van der Waals surface area contributed by atoms with Gasteiger partial charge >= 0.3 is 11.7 Å². The van der Waals surface area contributed by atoms with Gasteiger partial charge in [-0.05, 0) is 37.8 Å². The summed E-state index contributed by atoms with van der Waals surface area (Å²) in [5.74, 6) is -0.640. The molecule has 2 N–H and O–H groups in total. The molecule has 0 amide bonds. The van der Waals surface area contributed by atoms with Crippen molar-refractivity contribution in [3.8, 4) is 5.75 Å². The molecule has 0 spiro atoms. The Morgan fingerprint density at radius 1 is 1.30 bits per heavy atom. The smallest absolute Gasteiger partial charge is 0.333 e. The molecular formula is C23H27N3O6S. The van der Waals surface area contributed by atoms with Gasteiger partial charge in [0.2, 0.25) is 0 Å². The first-order valence-electron chi connectivity index (χ1n) is 10.6. The van der Waals surface area contributed by atoms with Crippen LogP contribution in [0, 0.1) is 6.92 Å². The van der Waals surface area contributed by atoms with E-state index in [-0.39, 0.29) is 12.6 Å². The summed E-state index contributed by atoms with van der Waals surface area (Å²) in [4.78, 5) is 39.3. The second kappa shape index (κ2) is 8.77. The van der Waals surface area contributed by atoms with Gasteiger partial charge < -0.3 is 19.9 Å². The number of hydrogen-bond donors (Lipinski definition) is 2. The highest BCUT2D eigenvalue weighted by Crippen LogP contribution is 2.32. The molecule has 10 heteroatoms. The minimum absolute atomic E-state index is 0.0301. The molecular weight excluding hydrogens is 446 g/mol. The summed E-state index contributed by atoms with van der Waals surface area (Å²) in [7, 11) is 1.57. The average Bonchev–Trinajstić information content (AvgIpc) is 3.13. The number of aliphatic carboxylic acids is 1. The molecule has 2 aromatic heterocycles. The van der Waals surface area contributed by atoms with Gasteiger partial charge in [-0.2, -0.15) is 0 Å². The molecule has 1 saturated heterocycles. The van der Waals surface area contributed by atoms with E-state index in [1.54, 1.807) is 19.4 Å².